The van der Waals surface area contributed by atoms with Crippen molar-refractivity contribution in [3.63, 3.8) is 0 Å². The van der Waals surface area contributed by atoms with E-state index in [0.717, 1.165) is 11.6 Å². The van der Waals surface area contributed by atoms with Gasteiger partial charge in [0.25, 0.3) is 5.91 Å². The highest BCUT2D eigenvalue weighted by Gasteiger charge is 2.20. The van der Waals surface area contributed by atoms with Crippen LogP contribution in [0.4, 0.5) is 14.5 Å². The van der Waals surface area contributed by atoms with E-state index in [-0.39, 0.29) is 17.0 Å². The van der Waals surface area contributed by atoms with E-state index in [9.17, 15) is 18.7 Å². The lowest BCUT2D eigenvalue weighted by molar-refractivity contribution is 0.101. The van der Waals surface area contributed by atoms with Crippen molar-refractivity contribution in [2.24, 2.45) is 0 Å². The first kappa shape index (κ1) is 14.0. The van der Waals surface area contributed by atoms with Crippen molar-refractivity contribution in [1.29, 1.82) is 0 Å². The maximum atomic E-state index is 13.8. The summed E-state index contributed by atoms with van der Waals surface area (Å²) < 4.78 is 27.4. The highest BCUT2D eigenvalue weighted by Crippen LogP contribution is 2.25. The molecule has 20 heavy (non-hydrogen) atoms. The lowest BCUT2D eigenvalue weighted by Gasteiger charge is -2.10. The van der Waals surface area contributed by atoms with Gasteiger partial charge in [-0.05, 0) is 43.2 Å². The van der Waals surface area contributed by atoms with Gasteiger partial charge in [0.05, 0.1) is 5.69 Å². The van der Waals surface area contributed by atoms with Gasteiger partial charge in [-0.2, -0.15) is 0 Å². The monoisotopic (exact) mass is 277 g/mol. The van der Waals surface area contributed by atoms with Crippen LogP contribution in [0, 0.1) is 25.5 Å². The third kappa shape index (κ3) is 2.61. The van der Waals surface area contributed by atoms with Crippen LogP contribution >= 0.6 is 0 Å². The summed E-state index contributed by atoms with van der Waals surface area (Å²) in [5.74, 6) is -2.96. The van der Waals surface area contributed by atoms with Crippen molar-refractivity contribution in [3.05, 3.63) is 58.7 Å². The van der Waals surface area contributed by atoms with Gasteiger partial charge in [0, 0.05) is 0 Å². The van der Waals surface area contributed by atoms with Crippen LogP contribution in [0.15, 0.2) is 30.3 Å². The molecular weight excluding hydrogens is 264 g/mol. The zero-order valence-corrected chi connectivity index (χ0v) is 11.0. The Bertz CT molecular complexity index is 684. The Balaban J connectivity index is 2.36. The highest BCUT2D eigenvalue weighted by molar-refractivity contribution is 6.05. The van der Waals surface area contributed by atoms with E-state index in [1.807, 2.05) is 0 Å². The van der Waals surface area contributed by atoms with Gasteiger partial charge >= 0.3 is 0 Å². The van der Waals surface area contributed by atoms with Crippen LogP contribution in [0.3, 0.4) is 0 Å². The smallest absolute Gasteiger partial charge is 0.261 e. The number of hydrogen-bond acceptors (Lipinski definition) is 2. The number of carbonyl (C=O) groups is 1. The van der Waals surface area contributed by atoms with Gasteiger partial charge in [0.15, 0.2) is 0 Å². The fourth-order valence-corrected chi connectivity index (χ4v) is 1.80. The first-order valence-electron chi connectivity index (χ1n) is 5.95. The van der Waals surface area contributed by atoms with Gasteiger partial charge in [-0.1, -0.05) is 12.1 Å². The number of rotatable bonds is 2. The number of carbonyl (C=O) groups excluding carboxylic acids is 1. The molecule has 1 amide bonds. The van der Waals surface area contributed by atoms with Gasteiger partial charge < -0.3 is 10.4 Å². The molecule has 104 valence electrons. The molecule has 0 aliphatic rings. The van der Waals surface area contributed by atoms with E-state index in [0.29, 0.717) is 0 Å². The van der Waals surface area contributed by atoms with Crippen LogP contribution in [-0.2, 0) is 0 Å². The number of amides is 1. The average Bonchev–Trinajstić information content (AvgIpc) is 2.38. The maximum absolute atomic E-state index is 13.8. The van der Waals surface area contributed by atoms with E-state index in [2.05, 4.69) is 5.32 Å². The summed E-state index contributed by atoms with van der Waals surface area (Å²) in [7, 11) is 0. The molecule has 0 bridgehead atoms. The molecule has 0 saturated heterocycles. The van der Waals surface area contributed by atoms with Gasteiger partial charge in [-0.3, -0.25) is 4.79 Å². The molecule has 0 heterocycles. The Morgan fingerprint density at radius 3 is 2.50 bits per heavy atom. The predicted octanol–water partition coefficient (Wildman–Crippen LogP) is 3.54. The SMILES string of the molecule is Cc1ccc(NC(=O)c2c(F)ccc(C)c2F)c(O)c1. The third-order valence-corrected chi connectivity index (χ3v) is 2.91. The van der Waals surface area contributed by atoms with Crippen molar-refractivity contribution in [2.75, 3.05) is 5.32 Å². The van der Waals surface area contributed by atoms with Gasteiger partial charge in [0.1, 0.15) is 22.9 Å². The normalized spacial score (nSPS) is 10.4. The molecule has 0 aliphatic heterocycles. The summed E-state index contributed by atoms with van der Waals surface area (Å²) in [4.78, 5) is 11.9. The topological polar surface area (TPSA) is 49.3 Å². The lowest BCUT2D eigenvalue weighted by atomic mass is 10.1. The minimum absolute atomic E-state index is 0.0981. The summed E-state index contributed by atoms with van der Waals surface area (Å²) in [5, 5.41) is 12.0. The molecule has 0 atom stereocenters. The number of halogens is 2. The molecular formula is C15H13F2NO2. The third-order valence-electron chi connectivity index (χ3n) is 2.91. The second-order valence-corrected chi connectivity index (χ2v) is 4.53. The van der Waals surface area contributed by atoms with Gasteiger partial charge in [-0.25, -0.2) is 8.78 Å². The van der Waals surface area contributed by atoms with E-state index in [1.54, 1.807) is 13.0 Å². The molecule has 0 fully saturated rings. The number of aryl methyl sites for hydroxylation is 2. The number of benzene rings is 2. The fraction of sp³-hybridized carbons (Fsp3) is 0.133. The van der Waals surface area contributed by atoms with Crippen molar-refractivity contribution in [2.45, 2.75) is 13.8 Å². The van der Waals surface area contributed by atoms with Crippen LogP contribution in [0.25, 0.3) is 0 Å². The first-order valence-corrected chi connectivity index (χ1v) is 5.95. The summed E-state index contributed by atoms with van der Waals surface area (Å²) >= 11 is 0. The Labute approximate surface area is 114 Å². The van der Waals surface area contributed by atoms with E-state index >= 15 is 0 Å². The number of nitrogens with one attached hydrogen (secondary N) is 1. The fourth-order valence-electron chi connectivity index (χ4n) is 1.80. The zero-order valence-electron chi connectivity index (χ0n) is 11.0. The Morgan fingerprint density at radius 1 is 1.15 bits per heavy atom. The standard InChI is InChI=1S/C15H13F2NO2/c1-8-3-6-11(12(19)7-8)18-15(20)13-10(16)5-4-9(2)14(13)17/h3-7,19H,1-2H3,(H,18,20). The molecule has 2 aromatic carbocycles. The summed E-state index contributed by atoms with van der Waals surface area (Å²) in [6.45, 7) is 3.21. The van der Waals surface area contributed by atoms with Gasteiger partial charge in [0.2, 0.25) is 0 Å². The maximum Gasteiger partial charge on any atom is 0.261 e. The molecule has 2 aromatic rings. The van der Waals surface area contributed by atoms with Crippen LogP contribution in [0.5, 0.6) is 5.75 Å². The summed E-state index contributed by atoms with van der Waals surface area (Å²) in [5.41, 5.74) is 0.406. The highest BCUT2D eigenvalue weighted by atomic mass is 19.1. The van der Waals surface area contributed by atoms with Crippen molar-refractivity contribution < 1.29 is 18.7 Å². The molecule has 2 N–H and O–H groups in total. The van der Waals surface area contributed by atoms with E-state index < -0.39 is 23.1 Å². The van der Waals surface area contributed by atoms with Crippen molar-refractivity contribution >= 4 is 11.6 Å². The Kier molecular flexibility index (Phi) is 3.70. The molecule has 0 radical (unpaired) electrons. The van der Waals surface area contributed by atoms with Crippen molar-refractivity contribution in [3.8, 4) is 5.75 Å². The molecule has 3 nitrogen and oxygen atoms in total. The molecule has 0 aliphatic carbocycles. The number of aromatic hydroxyl groups is 1. The number of phenolic OH excluding ortho intramolecular Hbond substituents is 1. The number of hydrogen-bond donors (Lipinski definition) is 2. The van der Waals surface area contributed by atoms with Crippen LogP contribution < -0.4 is 5.32 Å². The van der Waals surface area contributed by atoms with Crippen LogP contribution in [0.1, 0.15) is 21.5 Å². The Hall–Kier alpha value is -2.43. The van der Waals surface area contributed by atoms with Crippen LogP contribution in [0.2, 0.25) is 0 Å². The molecule has 2 rings (SSSR count). The summed E-state index contributed by atoms with van der Waals surface area (Å²) in [6.07, 6.45) is 0. The largest absolute Gasteiger partial charge is 0.506 e. The second-order valence-electron chi connectivity index (χ2n) is 4.53. The van der Waals surface area contributed by atoms with E-state index in [1.165, 1.54) is 25.1 Å². The zero-order chi connectivity index (χ0) is 14.9. The minimum Gasteiger partial charge on any atom is -0.506 e. The number of phenols is 1. The Morgan fingerprint density at radius 2 is 1.85 bits per heavy atom. The minimum atomic E-state index is -0.947. The molecule has 0 aromatic heterocycles. The number of anilines is 1. The molecule has 5 heteroatoms. The predicted molar refractivity (Wildman–Crippen MR) is 71.9 cm³/mol. The lowest BCUT2D eigenvalue weighted by Crippen LogP contribution is -2.16. The second kappa shape index (κ2) is 5.28. The molecule has 0 unspecified atom stereocenters. The van der Waals surface area contributed by atoms with Gasteiger partial charge in [-0.15, -0.1) is 0 Å². The quantitative estimate of drug-likeness (QED) is 0.825. The van der Waals surface area contributed by atoms with E-state index in [4.69, 9.17) is 0 Å². The van der Waals surface area contributed by atoms with Crippen LogP contribution in [-0.4, -0.2) is 11.0 Å². The first-order chi connectivity index (χ1) is 9.40. The molecule has 0 saturated carbocycles. The average molecular weight is 277 g/mol. The molecule has 0 spiro atoms. The van der Waals surface area contributed by atoms with Crippen molar-refractivity contribution in [1.82, 2.24) is 0 Å². The summed E-state index contributed by atoms with van der Waals surface area (Å²) in [6, 6.07) is 6.86.